The third-order valence-corrected chi connectivity index (χ3v) is 2.39. The molecule has 1 atom stereocenters. The fourth-order valence-electron chi connectivity index (χ4n) is 1.33. The lowest BCUT2D eigenvalue weighted by Gasteiger charge is -2.22. The van der Waals surface area contributed by atoms with E-state index >= 15 is 0 Å². The molecule has 0 aromatic heterocycles. The highest BCUT2D eigenvalue weighted by Crippen LogP contribution is 2.30. The molecule has 0 amide bonds. The molecule has 5 nitrogen and oxygen atoms in total. The van der Waals surface area contributed by atoms with Gasteiger partial charge in [-0.1, -0.05) is 6.07 Å². The standard InChI is InChI=1S/C11H15NO4/c1-11(12,10(14)16-3)7-4-5-8(13)9(6-7)15-2/h4-6,13H,12H2,1-3H3. The van der Waals surface area contributed by atoms with Crippen LogP contribution in [0.25, 0.3) is 0 Å². The second-order valence-corrected chi connectivity index (χ2v) is 3.58. The number of hydrogen-bond donors (Lipinski definition) is 2. The van der Waals surface area contributed by atoms with Crippen molar-refractivity contribution in [3.63, 3.8) is 0 Å². The van der Waals surface area contributed by atoms with Crippen LogP contribution in [-0.2, 0) is 15.1 Å². The molecular weight excluding hydrogens is 210 g/mol. The average molecular weight is 225 g/mol. The number of benzene rings is 1. The van der Waals surface area contributed by atoms with E-state index in [2.05, 4.69) is 4.74 Å². The summed E-state index contributed by atoms with van der Waals surface area (Å²) >= 11 is 0. The first kappa shape index (κ1) is 12.3. The van der Waals surface area contributed by atoms with E-state index in [0.29, 0.717) is 5.56 Å². The first-order valence-corrected chi connectivity index (χ1v) is 4.68. The third kappa shape index (κ3) is 2.09. The van der Waals surface area contributed by atoms with Crippen LogP contribution in [-0.4, -0.2) is 25.3 Å². The number of rotatable bonds is 3. The van der Waals surface area contributed by atoms with Crippen molar-refractivity contribution in [1.82, 2.24) is 0 Å². The number of carbonyl (C=O) groups excluding carboxylic acids is 1. The summed E-state index contributed by atoms with van der Waals surface area (Å²) < 4.78 is 9.54. The van der Waals surface area contributed by atoms with Crippen LogP contribution in [0.5, 0.6) is 11.5 Å². The van der Waals surface area contributed by atoms with Gasteiger partial charge in [0.15, 0.2) is 11.5 Å². The maximum absolute atomic E-state index is 11.5. The van der Waals surface area contributed by atoms with Gasteiger partial charge in [-0.15, -0.1) is 0 Å². The van der Waals surface area contributed by atoms with Crippen LogP contribution >= 0.6 is 0 Å². The van der Waals surface area contributed by atoms with Crippen molar-refractivity contribution in [2.75, 3.05) is 14.2 Å². The van der Waals surface area contributed by atoms with Crippen molar-refractivity contribution < 1.29 is 19.4 Å². The Balaban J connectivity index is 3.18. The number of phenols is 1. The predicted molar refractivity (Wildman–Crippen MR) is 58.2 cm³/mol. The van der Waals surface area contributed by atoms with Gasteiger partial charge in [0.1, 0.15) is 5.54 Å². The van der Waals surface area contributed by atoms with Crippen LogP contribution in [0.1, 0.15) is 12.5 Å². The highest BCUT2D eigenvalue weighted by molar-refractivity contribution is 5.82. The van der Waals surface area contributed by atoms with E-state index in [0.717, 1.165) is 0 Å². The summed E-state index contributed by atoms with van der Waals surface area (Å²) in [6.45, 7) is 1.53. The fourth-order valence-corrected chi connectivity index (χ4v) is 1.33. The molecule has 1 aromatic rings. The van der Waals surface area contributed by atoms with E-state index in [-0.39, 0.29) is 11.5 Å². The van der Waals surface area contributed by atoms with Gasteiger partial charge >= 0.3 is 5.97 Å². The summed E-state index contributed by atoms with van der Waals surface area (Å²) in [5, 5.41) is 9.41. The number of phenolic OH excluding ortho intramolecular Hbond substituents is 1. The van der Waals surface area contributed by atoms with Crippen molar-refractivity contribution in [2.45, 2.75) is 12.5 Å². The Morgan fingerprint density at radius 2 is 2.06 bits per heavy atom. The Labute approximate surface area is 93.8 Å². The second kappa shape index (κ2) is 4.40. The summed E-state index contributed by atoms with van der Waals surface area (Å²) in [7, 11) is 2.69. The van der Waals surface area contributed by atoms with Gasteiger partial charge in [0.2, 0.25) is 0 Å². The van der Waals surface area contributed by atoms with Gasteiger partial charge in [0.25, 0.3) is 0 Å². The number of esters is 1. The Hall–Kier alpha value is -1.75. The third-order valence-electron chi connectivity index (χ3n) is 2.39. The monoisotopic (exact) mass is 225 g/mol. The number of nitrogens with two attached hydrogens (primary N) is 1. The van der Waals surface area contributed by atoms with Gasteiger partial charge in [-0.05, 0) is 24.6 Å². The lowest BCUT2D eigenvalue weighted by molar-refractivity contribution is -0.146. The van der Waals surface area contributed by atoms with E-state index < -0.39 is 11.5 Å². The fraction of sp³-hybridized carbons (Fsp3) is 0.364. The van der Waals surface area contributed by atoms with Gasteiger partial charge in [-0.25, -0.2) is 4.79 Å². The molecule has 0 saturated carbocycles. The molecule has 0 spiro atoms. The van der Waals surface area contributed by atoms with Gasteiger partial charge in [-0.3, -0.25) is 0 Å². The van der Waals surface area contributed by atoms with Gasteiger partial charge in [-0.2, -0.15) is 0 Å². The molecular formula is C11H15NO4. The molecule has 0 aliphatic heterocycles. The number of aromatic hydroxyl groups is 1. The molecule has 88 valence electrons. The molecule has 0 fully saturated rings. The van der Waals surface area contributed by atoms with Crippen LogP contribution in [0.2, 0.25) is 0 Å². The van der Waals surface area contributed by atoms with Gasteiger partial charge in [0.05, 0.1) is 14.2 Å². The van der Waals surface area contributed by atoms with Crippen molar-refractivity contribution in [3.05, 3.63) is 23.8 Å². The Morgan fingerprint density at radius 3 is 2.56 bits per heavy atom. The molecule has 0 aliphatic rings. The number of methoxy groups -OCH3 is 2. The lowest BCUT2D eigenvalue weighted by Crippen LogP contribution is -2.42. The van der Waals surface area contributed by atoms with Gasteiger partial charge in [0, 0.05) is 0 Å². The van der Waals surface area contributed by atoms with E-state index in [9.17, 15) is 9.90 Å². The Bertz CT molecular complexity index is 401. The van der Waals surface area contributed by atoms with E-state index in [1.165, 1.54) is 33.3 Å². The first-order chi connectivity index (χ1) is 7.43. The van der Waals surface area contributed by atoms with Crippen molar-refractivity contribution in [2.24, 2.45) is 5.73 Å². The summed E-state index contributed by atoms with van der Waals surface area (Å²) in [5.74, 6) is -0.301. The van der Waals surface area contributed by atoms with E-state index in [1.807, 2.05) is 0 Å². The smallest absolute Gasteiger partial charge is 0.330 e. The minimum absolute atomic E-state index is 0.00749. The summed E-state index contributed by atoms with van der Waals surface area (Å²) in [6.07, 6.45) is 0. The zero-order valence-electron chi connectivity index (χ0n) is 9.48. The number of hydrogen-bond acceptors (Lipinski definition) is 5. The Morgan fingerprint density at radius 1 is 1.44 bits per heavy atom. The molecule has 0 aliphatic carbocycles. The summed E-state index contributed by atoms with van der Waals surface area (Å²) in [6, 6.07) is 4.48. The van der Waals surface area contributed by atoms with Crippen LogP contribution in [0.4, 0.5) is 0 Å². The maximum Gasteiger partial charge on any atom is 0.330 e. The highest BCUT2D eigenvalue weighted by Gasteiger charge is 2.32. The Kier molecular flexibility index (Phi) is 3.39. The zero-order valence-corrected chi connectivity index (χ0v) is 9.48. The first-order valence-electron chi connectivity index (χ1n) is 4.68. The minimum atomic E-state index is -1.27. The predicted octanol–water partition coefficient (Wildman–Crippen LogP) is 0.748. The van der Waals surface area contributed by atoms with Crippen LogP contribution in [0.15, 0.2) is 18.2 Å². The lowest BCUT2D eigenvalue weighted by atomic mass is 9.93. The van der Waals surface area contributed by atoms with Crippen LogP contribution < -0.4 is 10.5 Å². The second-order valence-electron chi connectivity index (χ2n) is 3.58. The molecule has 0 heterocycles. The average Bonchev–Trinajstić information content (AvgIpc) is 2.28. The molecule has 1 aromatic carbocycles. The molecule has 0 radical (unpaired) electrons. The SMILES string of the molecule is COC(=O)C(C)(N)c1ccc(O)c(OC)c1. The van der Waals surface area contributed by atoms with Crippen molar-refractivity contribution >= 4 is 5.97 Å². The summed E-state index contributed by atoms with van der Waals surface area (Å²) in [5.41, 5.74) is 5.09. The molecule has 5 heteroatoms. The molecule has 1 unspecified atom stereocenters. The maximum atomic E-state index is 11.5. The number of carbonyl (C=O) groups is 1. The molecule has 3 N–H and O–H groups in total. The van der Waals surface area contributed by atoms with Crippen molar-refractivity contribution in [3.8, 4) is 11.5 Å². The normalized spacial score (nSPS) is 14.0. The van der Waals surface area contributed by atoms with Crippen LogP contribution in [0.3, 0.4) is 0 Å². The quantitative estimate of drug-likeness (QED) is 0.742. The van der Waals surface area contributed by atoms with E-state index in [4.69, 9.17) is 10.5 Å². The zero-order chi connectivity index (χ0) is 12.3. The molecule has 1 rings (SSSR count). The van der Waals surface area contributed by atoms with E-state index in [1.54, 1.807) is 6.07 Å². The highest BCUT2D eigenvalue weighted by atomic mass is 16.5. The molecule has 0 bridgehead atoms. The molecule has 0 saturated heterocycles. The topological polar surface area (TPSA) is 81.8 Å². The van der Waals surface area contributed by atoms with Gasteiger partial charge < -0.3 is 20.3 Å². The minimum Gasteiger partial charge on any atom is -0.504 e. The largest absolute Gasteiger partial charge is 0.504 e. The summed E-state index contributed by atoms with van der Waals surface area (Å²) in [4.78, 5) is 11.5. The molecule has 16 heavy (non-hydrogen) atoms. The van der Waals surface area contributed by atoms with Crippen molar-refractivity contribution in [1.29, 1.82) is 0 Å². The van der Waals surface area contributed by atoms with Crippen LogP contribution in [0, 0.1) is 0 Å². The number of ether oxygens (including phenoxy) is 2.